The Morgan fingerprint density at radius 1 is 1.47 bits per heavy atom. The van der Waals surface area contributed by atoms with Crippen LogP contribution in [-0.4, -0.2) is 31.9 Å². The van der Waals surface area contributed by atoms with Crippen molar-refractivity contribution < 1.29 is 8.42 Å². The highest BCUT2D eigenvalue weighted by Gasteiger charge is 2.30. The highest BCUT2D eigenvalue weighted by Crippen LogP contribution is 2.22. The van der Waals surface area contributed by atoms with E-state index in [1.807, 2.05) is 6.07 Å². The zero-order valence-electron chi connectivity index (χ0n) is 10.5. The zero-order valence-corrected chi connectivity index (χ0v) is 12.2. The molecule has 1 unspecified atom stereocenters. The van der Waals surface area contributed by atoms with Crippen LogP contribution in [0.4, 0.5) is 0 Å². The first-order valence-corrected chi connectivity index (χ1v) is 7.15. The summed E-state index contributed by atoms with van der Waals surface area (Å²) >= 11 is 0. The summed E-state index contributed by atoms with van der Waals surface area (Å²) in [6.07, 6.45) is 0.689. The molecule has 1 aromatic rings. The topological polar surface area (TPSA) is 87.2 Å². The lowest BCUT2D eigenvalue weighted by molar-refractivity contribution is 0.472. The molecule has 104 valence electrons. The van der Waals surface area contributed by atoms with Gasteiger partial charge in [0, 0.05) is 19.1 Å². The van der Waals surface area contributed by atoms with Crippen LogP contribution in [0.25, 0.3) is 0 Å². The number of halogens is 1. The first-order chi connectivity index (χ1) is 8.45. The Balaban J connectivity index is 0.00000180. The van der Waals surface area contributed by atoms with Crippen molar-refractivity contribution in [3.63, 3.8) is 0 Å². The molecule has 2 rings (SSSR count). The number of nitrogens with two attached hydrogens (primary N) is 1. The van der Waals surface area contributed by atoms with E-state index in [1.165, 1.54) is 22.5 Å². The van der Waals surface area contributed by atoms with E-state index in [4.69, 9.17) is 11.0 Å². The van der Waals surface area contributed by atoms with Crippen LogP contribution in [0.2, 0.25) is 0 Å². The Morgan fingerprint density at radius 3 is 2.63 bits per heavy atom. The number of benzene rings is 1. The van der Waals surface area contributed by atoms with Gasteiger partial charge in [0.05, 0.1) is 16.5 Å². The van der Waals surface area contributed by atoms with Crippen molar-refractivity contribution in [3.8, 4) is 6.07 Å². The predicted octanol–water partition coefficient (Wildman–Crippen LogP) is 1.01. The van der Waals surface area contributed by atoms with Crippen molar-refractivity contribution in [2.45, 2.75) is 24.3 Å². The summed E-state index contributed by atoms with van der Waals surface area (Å²) < 4.78 is 26.0. The molecule has 19 heavy (non-hydrogen) atoms. The maximum absolute atomic E-state index is 12.3. The molecule has 0 aromatic heterocycles. The fourth-order valence-electron chi connectivity index (χ4n) is 2.04. The number of aryl methyl sites for hydroxylation is 1. The fraction of sp³-hybridized carbons (Fsp3) is 0.417. The summed E-state index contributed by atoms with van der Waals surface area (Å²) in [4.78, 5) is 0.230. The average Bonchev–Trinajstić information content (AvgIpc) is 2.76. The molecule has 0 bridgehead atoms. The number of sulfonamides is 1. The van der Waals surface area contributed by atoms with Gasteiger partial charge in [-0.05, 0) is 37.1 Å². The summed E-state index contributed by atoms with van der Waals surface area (Å²) in [7, 11) is -3.48. The van der Waals surface area contributed by atoms with Crippen molar-refractivity contribution >= 4 is 22.4 Å². The summed E-state index contributed by atoms with van der Waals surface area (Å²) in [5.74, 6) is 0. The molecule has 1 saturated heterocycles. The smallest absolute Gasteiger partial charge is 0.243 e. The SMILES string of the molecule is Cc1cc(S(=O)(=O)N2CCC(N)C2)ccc1C#N.Cl. The standard InChI is InChI=1S/C12H15N3O2S.ClH/c1-9-6-12(3-2-10(9)7-13)18(16,17)15-5-4-11(14)8-15;/h2-3,6,11H,4-5,8,14H2,1H3;1H. The minimum atomic E-state index is -3.48. The lowest BCUT2D eigenvalue weighted by Gasteiger charge is -2.16. The normalized spacial score (nSPS) is 19.7. The number of nitriles is 1. The minimum Gasteiger partial charge on any atom is -0.326 e. The molecule has 0 radical (unpaired) electrons. The molecule has 1 heterocycles. The Labute approximate surface area is 119 Å². The second-order valence-electron chi connectivity index (χ2n) is 4.50. The van der Waals surface area contributed by atoms with E-state index < -0.39 is 10.0 Å². The third kappa shape index (κ3) is 3.07. The van der Waals surface area contributed by atoms with Crippen LogP contribution >= 0.6 is 12.4 Å². The average molecular weight is 302 g/mol. The van der Waals surface area contributed by atoms with Crippen molar-refractivity contribution in [1.29, 1.82) is 5.26 Å². The third-order valence-corrected chi connectivity index (χ3v) is 5.00. The van der Waals surface area contributed by atoms with Crippen LogP contribution in [0, 0.1) is 18.3 Å². The molecule has 1 aromatic carbocycles. The fourth-order valence-corrected chi connectivity index (χ4v) is 3.64. The summed E-state index contributed by atoms with van der Waals surface area (Å²) in [6.45, 7) is 2.55. The molecule has 1 aliphatic heterocycles. The van der Waals surface area contributed by atoms with Gasteiger partial charge < -0.3 is 5.73 Å². The molecule has 7 heteroatoms. The number of hydrogen-bond acceptors (Lipinski definition) is 4. The monoisotopic (exact) mass is 301 g/mol. The van der Waals surface area contributed by atoms with Gasteiger partial charge in [0.2, 0.25) is 10.0 Å². The molecule has 0 spiro atoms. The molecule has 0 saturated carbocycles. The van der Waals surface area contributed by atoms with Gasteiger partial charge in [-0.25, -0.2) is 8.42 Å². The van der Waals surface area contributed by atoms with E-state index in [0.29, 0.717) is 30.6 Å². The number of hydrogen-bond donors (Lipinski definition) is 1. The third-order valence-electron chi connectivity index (χ3n) is 3.14. The summed E-state index contributed by atoms with van der Waals surface area (Å²) in [5, 5.41) is 8.83. The van der Waals surface area contributed by atoms with E-state index in [9.17, 15) is 8.42 Å². The van der Waals surface area contributed by atoms with E-state index in [1.54, 1.807) is 6.92 Å². The van der Waals surface area contributed by atoms with E-state index >= 15 is 0 Å². The maximum Gasteiger partial charge on any atom is 0.243 e. The molecular weight excluding hydrogens is 286 g/mol. The van der Waals surface area contributed by atoms with Gasteiger partial charge in [-0.1, -0.05) is 0 Å². The van der Waals surface area contributed by atoms with Crippen molar-refractivity contribution in [3.05, 3.63) is 29.3 Å². The molecule has 0 aliphatic carbocycles. The first-order valence-electron chi connectivity index (χ1n) is 5.71. The molecule has 1 atom stereocenters. The van der Waals surface area contributed by atoms with Gasteiger partial charge in [-0.3, -0.25) is 0 Å². The molecule has 1 fully saturated rings. The number of rotatable bonds is 2. The van der Waals surface area contributed by atoms with Crippen molar-refractivity contribution in [2.24, 2.45) is 5.73 Å². The van der Waals surface area contributed by atoms with Crippen LogP contribution in [-0.2, 0) is 10.0 Å². The number of nitrogens with zero attached hydrogens (tertiary/aromatic N) is 2. The largest absolute Gasteiger partial charge is 0.326 e. The van der Waals surface area contributed by atoms with Gasteiger partial charge in [-0.15, -0.1) is 12.4 Å². The van der Waals surface area contributed by atoms with Crippen LogP contribution in [0.15, 0.2) is 23.1 Å². The van der Waals surface area contributed by atoms with E-state index in [-0.39, 0.29) is 23.3 Å². The Kier molecular flexibility index (Phi) is 4.93. The van der Waals surface area contributed by atoms with Gasteiger partial charge in [0.25, 0.3) is 0 Å². The summed E-state index contributed by atoms with van der Waals surface area (Å²) in [5.41, 5.74) is 6.89. The lowest BCUT2D eigenvalue weighted by atomic mass is 10.1. The van der Waals surface area contributed by atoms with E-state index in [0.717, 1.165) is 0 Å². The van der Waals surface area contributed by atoms with Gasteiger partial charge in [0.1, 0.15) is 0 Å². The van der Waals surface area contributed by atoms with Crippen LogP contribution in [0.1, 0.15) is 17.5 Å². The predicted molar refractivity (Wildman–Crippen MR) is 74.5 cm³/mol. The second kappa shape index (κ2) is 5.88. The van der Waals surface area contributed by atoms with Crippen molar-refractivity contribution in [1.82, 2.24) is 4.31 Å². The lowest BCUT2D eigenvalue weighted by Crippen LogP contribution is -2.32. The van der Waals surface area contributed by atoms with Gasteiger partial charge in [0.15, 0.2) is 0 Å². The molecular formula is C12H16ClN3O2S. The molecule has 2 N–H and O–H groups in total. The van der Waals surface area contributed by atoms with Crippen LogP contribution in [0.5, 0.6) is 0 Å². The first kappa shape index (κ1) is 15.9. The highest BCUT2D eigenvalue weighted by molar-refractivity contribution is 7.89. The summed E-state index contributed by atoms with van der Waals surface area (Å²) in [6, 6.07) is 6.49. The van der Waals surface area contributed by atoms with Gasteiger partial charge >= 0.3 is 0 Å². The Hall–Kier alpha value is -1.13. The Morgan fingerprint density at radius 2 is 2.16 bits per heavy atom. The van der Waals surface area contributed by atoms with Crippen molar-refractivity contribution in [2.75, 3.05) is 13.1 Å². The Bertz CT molecular complexity index is 610. The zero-order chi connectivity index (χ0) is 13.3. The van der Waals surface area contributed by atoms with Crippen LogP contribution < -0.4 is 5.73 Å². The van der Waals surface area contributed by atoms with E-state index in [2.05, 4.69) is 0 Å². The molecule has 1 aliphatic rings. The van der Waals surface area contributed by atoms with Crippen LogP contribution in [0.3, 0.4) is 0 Å². The minimum absolute atomic E-state index is 0. The highest BCUT2D eigenvalue weighted by atomic mass is 35.5. The maximum atomic E-state index is 12.3. The molecule has 5 nitrogen and oxygen atoms in total. The second-order valence-corrected chi connectivity index (χ2v) is 6.44. The van der Waals surface area contributed by atoms with Gasteiger partial charge in [-0.2, -0.15) is 9.57 Å². The quantitative estimate of drug-likeness (QED) is 0.883. The molecule has 0 amide bonds.